The van der Waals surface area contributed by atoms with Gasteiger partial charge in [-0.3, -0.25) is 0 Å². The molecule has 0 aliphatic rings. The molecule has 1 aromatic rings. The molecule has 0 fully saturated rings. The smallest absolute Gasteiger partial charge is 0.211 e. The van der Waals surface area contributed by atoms with Gasteiger partial charge in [0.05, 0.1) is 16.5 Å². The number of nitrogens with one attached hydrogen (secondary N) is 1. The molecule has 0 aromatic heterocycles. The lowest BCUT2D eigenvalue weighted by atomic mass is 10.2. The fourth-order valence-corrected chi connectivity index (χ4v) is 2.62. The molecule has 0 amide bonds. The highest BCUT2D eigenvalue weighted by Gasteiger charge is 2.15. The molecule has 0 radical (unpaired) electrons. The molecule has 0 spiro atoms. The summed E-state index contributed by atoms with van der Waals surface area (Å²) in [5, 5.41) is 11.9. The summed E-state index contributed by atoms with van der Waals surface area (Å²) >= 11 is 0. The molecule has 8 heteroatoms. The monoisotopic (exact) mass is 265 g/mol. The predicted molar refractivity (Wildman–Crippen MR) is 65.1 cm³/mol. The van der Waals surface area contributed by atoms with Crippen molar-refractivity contribution < 1.29 is 8.42 Å². The van der Waals surface area contributed by atoms with Crippen LogP contribution in [-0.2, 0) is 10.0 Å². The lowest BCUT2D eigenvalue weighted by Crippen LogP contribution is -2.26. The van der Waals surface area contributed by atoms with Gasteiger partial charge in [-0.1, -0.05) is 5.11 Å². The molecule has 0 unspecified atom stereocenters. The molecule has 1 rings (SSSR count). The highest BCUT2D eigenvalue weighted by Crippen LogP contribution is 2.15. The van der Waals surface area contributed by atoms with Crippen molar-refractivity contribution in [1.29, 1.82) is 5.26 Å². The van der Waals surface area contributed by atoms with Gasteiger partial charge in [-0.15, -0.1) is 0 Å². The van der Waals surface area contributed by atoms with Crippen LogP contribution in [0.4, 0.5) is 0 Å². The van der Waals surface area contributed by atoms with Gasteiger partial charge in [-0.05, 0) is 36.2 Å². The van der Waals surface area contributed by atoms with E-state index in [-0.39, 0.29) is 18.0 Å². The Morgan fingerprint density at radius 2 is 2.28 bits per heavy atom. The van der Waals surface area contributed by atoms with Gasteiger partial charge in [0.2, 0.25) is 10.0 Å². The second-order valence-corrected chi connectivity index (χ2v) is 5.18. The fraction of sp³-hybridized carbons (Fsp3) is 0.300. The van der Waals surface area contributed by atoms with Crippen LogP contribution in [0, 0.1) is 18.3 Å². The summed E-state index contributed by atoms with van der Waals surface area (Å²) in [5.74, 6) is 0. The summed E-state index contributed by atoms with van der Waals surface area (Å²) in [6, 6.07) is 6.26. The van der Waals surface area contributed by atoms with E-state index in [9.17, 15) is 8.42 Å². The molecular weight excluding hydrogens is 254 g/mol. The van der Waals surface area contributed by atoms with Crippen LogP contribution in [0.15, 0.2) is 28.2 Å². The van der Waals surface area contributed by atoms with Crippen LogP contribution in [-0.4, -0.2) is 21.5 Å². The lowest BCUT2D eigenvalue weighted by Gasteiger charge is -2.08. The van der Waals surface area contributed by atoms with Crippen LogP contribution < -0.4 is 4.72 Å². The maximum Gasteiger partial charge on any atom is 0.240 e. The Labute approximate surface area is 105 Å². The van der Waals surface area contributed by atoms with Crippen molar-refractivity contribution in [1.82, 2.24) is 4.72 Å². The lowest BCUT2D eigenvalue weighted by molar-refractivity contribution is 0.581. The Morgan fingerprint density at radius 1 is 1.56 bits per heavy atom. The Balaban J connectivity index is 2.92. The molecule has 0 aliphatic carbocycles. The molecular formula is C10H11N5O2S. The quantitative estimate of drug-likeness (QED) is 0.375. The number of rotatable bonds is 5. The molecule has 0 aliphatic heterocycles. The number of benzene rings is 1. The van der Waals surface area contributed by atoms with Gasteiger partial charge >= 0.3 is 0 Å². The van der Waals surface area contributed by atoms with Crippen molar-refractivity contribution in [3.63, 3.8) is 0 Å². The van der Waals surface area contributed by atoms with Crippen LogP contribution in [0.5, 0.6) is 0 Å². The van der Waals surface area contributed by atoms with Crippen molar-refractivity contribution in [2.75, 3.05) is 13.1 Å². The number of hydrogen-bond donors (Lipinski definition) is 1. The first kappa shape index (κ1) is 14.0. The maximum absolute atomic E-state index is 11.9. The number of aryl methyl sites for hydroxylation is 1. The zero-order valence-electron chi connectivity index (χ0n) is 9.66. The van der Waals surface area contributed by atoms with Crippen molar-refractivity contribution >= 4 is 10.0 Å². The van der Waals surface area contributed by atoms with Gasteiger partial charge in [-0.25, -0.2) is 13.1 Å². The Bertz CT molecular complexity index is 626. The normalized spacial score (nSPS) is 10.4. The minimum Gasteiger partial charge on any atom is -0.211 e. The van der Waals surface area contributed by atoms with E-state index in [2.05, 4.69) is 14.7 Å². The van der Waals surface area contributed by atoms with Crippen LogP contribution in [0.25, 0.3) is 10.4 Å². The molecule has 0 saturated carbocycles. The average Bonchev–Trinajstić information content (AvgIpc) is 2.34. The van der Waals surface area contributed by atoms with Gasteiger partial charge in [0.25, 0.3) is 0 Å². The van der Waals surface area contributed by atoms with E-state index in [1.54, 1.807) is 6.92 Å². The first-order valence-electron chi connectivity index (χ1n) is 5.02. The van der Waals surface area contributed by atoms with Crippen LogP contribution >= 0.6 is 0 Å². The number of nitriles is 1. The second-order valence-electron chi connectivity index (χ2n) is 3.44. The first-order chi connectivity index (χ1) is 8.51. The predicted octanol–water partition coefficient (Wildman–Crippen LogP) is 1.46. The topological polar surface area (TPSA) is 119 Å². The largest absolute Gasteiger partial charge is 0.240 e. The number of nitrogens with zero attached hydrogens (tertiary/aromatic N) is 4. The van der Waals surface area contributed by atoms with Gasteiger partial charge in [0.15, 0.2) is 0 Å². The molecule has 0 bridgehead atoms. The zero-order valence-corrected chi connectivity index (χ0v) is 10.5. The minimum atomic E-state index is -3.64. The summed E-state index contributed by atoms with van der Waals surface area (Å²) in [4.78, 5) is 2.64. The zero-order chi connectivity index (χ0) is 13.6. The van der Waals surface area contributed by atoms with Crippen LogP contribution in [0.1, 0.15) is 11.1 Å². The first-order valence-corrected chi connectivity index (χ1v) is 6.51. The van der Waals surface area contributed by atoms with E-state index >= 15 is 0 Å². The van der Waals surface area contributed by atoms with Crippen molar-refractivity contribution in [3.8, 4) is 6.07 Å². The van der Waals surface area contributed by atoms with Crippen molar-refractivity contribution in [2.24, 2.45) is 5.11 Å². The maximum atomic E-state index is 11.9. The Kier molecular flexibility index (Phi) is 4.68. The van der Waals surface area contributed by atoms with E-state index in [0.717, 1.165) is 0 Å². The second kappa shape index (κ2) is 6.02. The van der Waals surface area contributed by atoms with Crippen molar-refractivity contribution in [2.45, 2.75) is 11.8 Å². The van der Waals surface area contributed by atoms with E-state index in [1.807, 2.05) is 6.07 Å². The fourth-order valence-electron chi connectivity index (χ4n) is 1.37. The number of sulfonamides is 1. The van der Waals surface area contributed by atoms with Gasteiger partial charge in [0, 0.05) is 18.0 Å². The Hall–Kier alpha value is -2.07. The van der Waals surface area contributed by atoms with Crippen LogP contribution in [0.2, 0.25) is 0 Å². The molecule has 18 heavy (non-hydrogen) atoms. The summed E-state index contributed by atoms with van der Waals surface area (Å²) in [6.45, 7) is 1.69. The molecule has 0 atom stereocenters. The van der Waals surface area contributed by atoms with E-state index in [0.29, 0.717) is 11.1 Å². The third-order valence-corrected chi connectivity index (χ3v) is 3.78. The molecule has 7 nitrogen and oxygen atoms in total. The van der Waals surface area contributed by atoms with E-state index < -0.39 is 10.0 Å². The van der Waals surface area contributed by atoms with Crippen molar-refractivity contribution in [3.05, 3.63) is 39.8 Å². The summed E-state index contributed by atoms with van der Waals surface area (Å²) in [7, 11) is -3.64. The third-order valence-electron chi connectivity index (χ3n) is 2.16. The average molecular weight is 265 g/mol. The minimum absolute atomic E-state index is 0.0336. The highest BCUT2D eigenvalue weighted by molar-refractivity contribution is 7.89. The van der Waals surface area contributed by atoms with Gasteiger partial charge < -0.3 is 0 Å². The van der Waals surface area contributed by atoms with Gasteiger partial charge in [0.1, 0.15) is 0 Å². The molecule has 1 N–H and O–H groups in total. The molecule has 94 valence electrons. The van der Waals surface area contributed by atoms with E-state index in [4.69, 9.17) is 10.8 Å². The standard InChI is InChI=1S/C10H11N5O2S/c1-8-6-9(7-11)2-3-10(8)18(16,17)14-5-4-13-15-12/h2-3,6,14H,4-5H2,1H3. The number of hydrogen-bond acceptors (Lipinski definition) is 4. The van der Waals surface area contributed by atoms with Crippen LogP contribution in [0.3, 0.4) is 0 Å². The molecule has 1 aromatic carbocycles. The number of azide groups is 1. The summed E-state index contributed by atoms with van der Waals surface area (Å²) in [6.07, 6.45) is 0. The molecule has 0 heterocycles. The molecule has 0 saturated heterocycles. The Morgan fingerprint density at radius 3 is 2.83 bits per heavy atom. The SMILES string of the molecule is Cc1cc(C#N)ccc1S(=O)(=O)NCCN=[N+]=[N-]. The highest BCUT2D eigenvalue weighted by atomic mass is 32.2. The van der Waals surface area contributed by atoms with Gasteiger partial charge in [-0.2, -0.15) is 5.26 Å². The summed E-state index contributed by atoms with van der Waals surface area (Å²) < 4.78 is 26.1. The third kappa shape index (κ3) is 3.46. The summed E-state index contributed by atoms with van der Waals surface area (Å²) in [5.41, 5.74) is 8.96. The van der Waals surface area contributed by atoms with E-state index in [1.165, 1.54) is 18.2 Å².